The van der Waals surface area contributed by atoms with Crippen LogP contribution in [0.15, 0.2) is 36.4 Å². The zero-order valence-corrected chi connectivity index (χ0v) is 20.6. The second kappa shape index (κ2) is 8.63. The molecular weight excluding hydrogens is 491 g/mol. The molecule has 0 radical (unpaired) electrons. The van der Waals surface area contributed by atoms with Crippen molar-refractivity contribution in [2.24, 2.45) is 16.7 Å². The van der Waals surface area contributed by atoms with Gasteiger partial charge in [0.1, 0.15) is 6.10 Å². The van der Waals surface area contributed by atoms with Crippen molar-refractivity contribution in [3.63, 3.8) is 0 Å². The largest absolute Gasteiger partial charge is 0.493 e. The number of methoxy groups -OCH3 is 1. The summed E-state index contributed by atoms with van der Waals surface area (Å²) in [6.07, 6.45) is -1.31. The van der Waals surface area contributed by atoms with Gasteiger partial charge in [0.2, 0.25) is 17.1 Å². The molecule has 10 heteroatoms. The first-order valence-corrected chi connectivity index (χ1v) is 11.4. The van der Waals surface area contributed by atoms with Crippen molar-refractivity contribution in [3.8, 4) is 29.7 Å². The molecule has 0 aromatic heterocycles. The third-order valence-corrected chi connectivity index (χ3v) is 7.31. The Morgan fingerprint density at radius 3 is 2.34 bits per heavy atom. The zero-order valence-electron chi connectivity index (χ0n) is 19.1. The lowest BCUT2D eigenvalue weighted by atomic mass is 9.53. The van der Waals surface area contributed by atoms with E-state index in [0.29, 0.717) is 34.3 Å². The number of benzene rings is 2. The normalized spacial score (nSPS) is 28.2. The summed E-state index contributed by atoms with van der Waals surface area (Å²) in [6.45, 7) is 3.83. The molecule has 0 amide bonds. The van der Waals surface area contributed by atoms with Crippen LogP contribution in [0, 0.1) is 56.2 Å². The number of ether oxygens (including phenoxy) is 4. The van der Waals surface area contributed by atoms with Crippen LogP contribution in [-0.4, -0.2) is 19.6 Å². The van der Waals surface area contributed by atoms with Gasteiger partial charge >= 0.3 is 0 Å². The zero-order chi connectivity index (χ0) is 25.6. The Labute approximate surface area is 212 Å². The van der Waals surface area contributed by atoms with E-state index in [1.807, 2.05) is 19.1 Å². The van der Waals surface area contributed by atoms with Crippen molar-refractivity contribution in [2.75, 3.05) is 13.7 Å². The lowest BCUT2D eigenvalue weighted by molar-refractivity contribution is -0.288. The third-order valence-electron chi connectivity index (χ3n) is 6.77. The number of rotatable bonds is 5. The van der Waals surface area contributed by atoms with E-state index in [0.717, 1.165) is 0 Å². The van der Waals surface area contributed by atoms with E-state index in [-0.39, 0.29) is 5.02 Å². The van der Waals surface area contributed by atoms with E-state index in [4.69, 9.17) is 47.6 Å². The highest BCUT2D eigenvalue weighted by Crippen LogP contribution is 2.69. The van der Waals surface area contributed by atoms with Crippen molar-refractivity contribution in [1.29, 1.82) is 21.2 Å². The van der Waals surface area contributed by atoms with Gasteiger partial charge in [-0.1, -0.05) is 36.2 Å². The average molecular weight is 511 g/mol. The summed E-state index contributed by atoms with van der Waals surface area (Å²) in [5.74, 6) is -2.42. The molecule has 0 aliphatic carbocycles. The second-order valence-electron chi connectivity index (χ2n) is 8.24. The van der Waals surface area contributed by atoms with Gasteiger partial charge in [0.15, 0.2) is 16.9 Å². The van der Waals surface area contributed by atoms with Crippen LogP contribution in [0.5, 0.6) is 11.5 Å². The Morgan fingerprint density at radius 2 is 1.77 bits per heavy atom. The number of nitriles is 3. The van der Waals surface area contributed by atoms with Gasteiger partial charge in [-0.05, 0) is 42.8 Å². The topological polar surface area (TPSA) is 132 Å². The first-order chi connectivity index (χ1) is 16.7. The molecule has 2 saturated heterocycles. The number of fused-ring (bicyclic) bond motifs is 2. The highest BCUT2D eigenvalue weighted by Gasteiger charge is 2.80. The van der Waals surface area contributed by atoms with Gasteiger partial charge in [-0.15, -0.1) is 0 Å². The molecule has 4 rings (SSSR count). The van der Waals surface area contributed by atoms with Crippen LogP contribution >= 0.6 is 23.2 Å². The summed E-state index contributed by atoms with van der Waals surface area (Å²) in [7, 11) is 1.46. The lowest BCUT2D eigenvalue weighted by Gasteiger charge is -2.49. The summed E-state index contributed by atoms with van der Waals surface area (Å²) in [5, 5.41) is 40.4. The minimum absolute atomic E-state index is 0.190. The molecule has 2 fully saturated rings. The second-order valence-corrected chi connectivity index (χ2v) is 9.08. The molecule has 2 aliphatic rings. The lowest BCUT2D eigenvalue weighted by Crippen LogP contribution is -2.57. The Bertz CT molecular complexity index is 1330. The molecule has 2 heterocycles. The predicted octanol–water partition coefficient (Wildman–Crippen LogP) is 5.51. The van der Waals surface area contributed by atoms with Crippen LogP contribution in [0.2, 0.25) is 10.0 Å². The minimum Gasteiger partial charge on any atom is -0.493 e. The van der Waals surface area contributed by atoms with Crippen molar-refractivity contribution >= 4 is 29.1 Å². The molecule has 1 N–H and O–H groups in total. The van der Waals surface area contributed by atoms with E-state index in [1.165, 1.54) is 13.2 Å². The van der Waals surface area contributed by atoms with Crippen molar-refractivity contribution in [1.82, 2.24) is 0 Å². The van der Waals surface area contributed by atoms with Gasteiger partial charge < -0.3 is 18.9 Å². The number of halogens is 2. The Hall–Kier alpha value is -3.48. The van der Waals surface area contributed by atoms with E-state index in [2.05, 4.69) is 6.07 Å². The van der Waals surface area contributed by atoms with Crippen LogP contribution in [0.25, 0.3) is 0 Å². The summed E-state index contributed by atoms with van der Waals surface area (Å²) < 4.78 is 23.5. The predicted molar refractivity (Wildman–Crippen MR) is 126 cm³/mol. The molecule has 2 aromatic rings. The van der Waals surface area contributed by atoms with E-state index in [1.54, 1.807) is 37.3 Å². The van der Waals surface area contributed by atoms with Crippen molar-refractivity contribution in [2.45, 2.75) is 25.7 Å². The molecule has 35 heavy (non-hydrogen) atoms. The van der Waals surface area contributed by atoms with Crippen LogP contribution in [0.4, 0.5) is 0 Å². The quantitative estimate of drug-likeness (QED) is 0.560. The Balaban J connectivity index is 2.02. The maximum Gasteiger partial charge on any atom is 0.245 e. The smallest absolute Gasteiger partial charge is 0.245 e. The van der Waals surface area contributed by atoms with E-state index < -0.39 is 34.5 Å². The fourth-order valence-corrected chi connectivity index (χ4v) is 5.58. The highest BCUT2D eigenvalue weighted by molar-refractivity contribution is 6.35. The van der Waals surface area contributed by atoms with Crippen molar-refractivity contribution in [3.05, 3.63) is 57.6 Å². The highest BCUT2D eigenvalue weighted by atomic mass is 35.5. The van der Waals surface area contributed by atoms with E-state index in [9.17, 15) is 15.8 Å². The van der Waals surface area contributed by atoms with Crippen molar-refractivity contribution < 1.29 is 18.9 Å². The van der Waals surface area contributed by atoms with Gasteiger partial charge in [-0.3, -0.25) is 5.41 Å². The molecule has 2 aromatic carbocycles. The molecule has 178 valence electrons. The Kier molecular flexibility index (Phi) is 6.07. The number of hydrogen-bond donors (Lipinski definition) is 1. The van der Waals surface area contributed by atoms with Crippen LogP contribution < -0.4 is 9.47 Å². The molecule has 0 saturated carbocycles. The molecule has 4 unspecified atom stereocenters. The average Bonchev–Trinajstić information content (AvgIpc) is 3.00. The van der Waals surface area contributed by atoms with Gasteiger partial charge in [-0.2, -0.15) is 15.8 Å². The molecule has 0 spiro atoms. The van der Waals surface area contributed by atoms with E-state index >= 15 is 0 Å². The van der Waals surface area contributed by atoms with Gasteiger partial charge in [0.25, 0.3) is 0 Å². The van der Waals surface area contributed by atoms with Gasteiger partial charge in [-0.25, -0.2) is 0 Å². The fraction of sp³-hybridized carbons (Fsp3) is 0.360. The number of hydrogen-bond acceptors (Lipinski definition) is 8. The summed E-state index contributed by atoms with van der Waals surface area (Å²) >= 11 is 12.6. The molecule has 8 nitrogen and oxygen atoms in total. The fourth-order valence-electron chi connectivity index (χ4n) is 5.04. The van der Waals surface area contributed by atoms with Crippen LogP contribution in [-0.2, 0) is 15.3 Å². The first-order valence-electron chi connectivity index (χ1n) is 10.7. The maximum atomic E-state index is 10.4. The Morgan fingerprint density at radius 1 is 1.06 bits per heavy atom. The third kappa shape index (κ3) is 3.10. The molecule has 2 bridgehead atoms. The summed E-state index contributed by atoms with van der Waals surface area (Å²) in [4.78, 5) is 0. The van der Waals surface area contributed by atoms with Crippen LogP contribution in [0.1, 0.15) is 31.1 Å². The summed E-state index contributed by atoms with van der Waals surface area (Å²) in [5.41, 5.74) is -3.40. The molecule has 4 atom stereocenters. The molecule has 2 aliphatic heterocycles. The SMILES string of the molecule is CCOc1ccc(C2OC3(c4ccc(Cl)cc4Cl)OC(=N)C(C#N)(C3C)C2(C#N)C#N)cc1OC. The monoisotopic (exact) mass is 510 g/mol. The van der Waals surface area contributed by atoms with Gasteiger partial charge in [0, 0.05) is 10.6 Å². The standard InChI is InChI=1S/C25H20Cl2N4O4/c1-4-33-19-8-5-15(9-20(19)32-3)21-23(11-28,12-29)24(13-30)14(2)25(34-21,35-22(24)31)17-7-6-16(26)10-18(17)27/h5-10,14,21,31H,4H2,1-3H3. The minimum atomic E-state index is -2.13. The number of nitrogens with one attached hydrogen (secondary N) is 1. The summed E-state index contributed by atoms with van der Waals surface area (Å²) in [6, 6.07) is 15.6. The first kappa shape index (κ1) is 24.6. The maximum absolute atomic E-state index is 10.4. The number of nitrogens with zero attached hydrogens (tertiary/aromatic N) is 3. The molecular formula is C25H20Cl2N4O4. The van der Waals surface area contributed by atoms with Crippen LogP contribution in [0.3, 0.4) is 0 Å². The van der Waals surface area contributed by atoms with Gasteiger partial charge in [0.05, 0.1) is 42.9 Å².